The smallest absolute Gasteiger partial charge is 0.253 e. The second kappa shape index (κ2) is 8.28. The van der Waals surface area contributed by atoms with E-state index in [4.69, 9.17) is 19.4 Å². The molecule has 6 heteroatoms. The summed E-state index contributed by atoms with van der Waals surface area (Å²) in [6, 6.07) is 3.45. The number of halogens is 1. The molecule has 0 spiro atoms. The van der Waals surface area contributed by atoms with Crippen molar-refractivity contribution in [2.75, 3.05) is 13.2 Å². The first-order valence-electron chi connectivity index (χ1n) is 9.07. The van der Waals surface area contributed by atoms with Gasteiger partial charge in [-0.3, -0.25) is 4.79 Å². The lowest BCUT2D eigenvalue weighted by Gasteiger charge is -2.14. The maximum Gasteiger partial charge on any atom is 0.253 e. The summed E-state index contributed by atoms with van der Waals surface area (Å²) >= 11 is 6.36. The molecule has 3 rings (SSSR count). The number of hydrogen-bond donors (Lipinski definition) is 2. The van der Waals surface area contributed by atoms with Crippen molar-refractivity contribution in [1.82, 2.24) is 9.88 Å². The molecule has 0 saturated heterocycles. The second-order valence-electron chi connectivity index (χ2n) is 6.92. The normalized spacial score (nSPS) is 16.1. The SMILES string of the molecule is [B]c1cc(Cl)c2c(C(=O)NCC3CCCCCC3)cn(CCO)c2c1. The minimum Gasteiger partial charge on any atom is -0.395 e. The van der Waals surface area contributed by atoms with Crippen molar-refractivity contribution in [3.63, 3.8) is 0 Å². The number of amides is 1. The number of aliphatic hydroxyl groups excluding tert-OH is 1. The van der Waals surface area contributed by atoms with E-state index in [1.807, 2.05) is 4.57 Å². The monoisotopic (exact) mass is 358 g/mol. The molecule has 1 fully saturated rings. The van der Waals surface area contributed by atoms with Crippen LogP contribution < -0.4 is 10.8 Å². The number of hydrogen-bond acceptors (Lipinski definition) is 2. The Balaban J connectivity index is 1.83. The van der Waals surface area contributed by atoms with E-state index in [0.717, 1.165) is 5.52 Å². The predicted octanol–water partition coefficient (Wildman–Crippen LogP) is 2.78. The van der Waals surface area contributed by atoms with E-state index < -0.39 is 0 Å². The summed E-state index contributed by atoms with van der Waals surface area (Å²) in [7, 11) is 5.89. The molecular formula is C19H24BClN2O2. The fourth-order valence-electron chi connectivity index (χ4n) is 3.76. The van der Waals surface area contributed by atoms with E-state index >= 15 is 0 Å². The van der Waals surface area contributed by atoms with Crippen LogP contribution in [0.1, 0.15) is 48.9 Å². The summed E-state index contributed by atoms with van der Waals surface area (Å²) in [5.74, 6) is 0.445. The minimum absolute atomic E-state index is 0.0146. The number of nitrogens with zero attached hydrogens (tertiary/aromatic N) is 1. The van der Waals surface area contributed by atoms with Crippen LogP contribution in [0, 0.1) is 5.92 Å². The summed E-state index contributed by atoms with van der Waals surface area (Å²) in [4.78, 5) is 12.8. The highest BCUT2D eigenvalue weighted by Crippen LogP contribution is 2.28. The first-order chi connectivity index (χ1) is 12.1. The molecule has 1 aromatic carbocycles. The van der Waals surface area contributed by atoms with Crippen molar-refractivity contribution in [1.29, 1.82) is 0 Å². The van der Waals surface area contributed by atoms with E-state index in [0.29, 0.717) is 40.4 Å². The zero-order valence-corrected chi connectivity index (χ0v) is 15.2. The lowest BCUT2D eigenvalue weighted by atomic mass is 9.94. The zero-order valence-electron chi connectivity index (χ0n) is 14.4. The quantitative estimate of drug-likeness (QED) is 0.638. The van der Waals surface area contributed by atoms with Gasteiger partial charge in [-0.2, -0.15) is 0 Å². The zero-order chi connectivity index (χ0) is 17.8. The Bertz CT molecular complexity index is 751. The Morgan fingerprint density at radius 3 is 2.68 bits per heavy atom. The maximum atomic E-state index is 12.8. The summed E-state index contributed by atoms with van der Waals surface area (Å²) in [6.45, 7) is 1.09. The highest BCUT2D eigenvalue weighted by Gasteiger charge is 2.19. The topological polar surface area (TPSA) is 54.3 Å². The van der Waals surface area contributed by atoms with E-state index in [9.17, 15) is 9.90 Å². The number of carbonyl (C=O) groups excluding carboxylic acids is 1. The third-order valence-electron chi connectivity index (χ3n) is 5.07. The first-order valence-corrected chi connectivity index (χ1v) is 9.45. The van der Waals surface area contributed by atoms with Crippen LogP contribution >= 0.6 is 11.6 Å². The van der Waals surface area contributed by atoms with Crippen LogP contribution in [0.3, 0.4) is 0 Å². The van der Waals surface area contributed by atoms with E-state index in [-0.39, 0.29) is 12.5 Å². The van der Waals surface area contributed by atoms with E-state index in [1.54, 1.807) is 18.3 Å². The van der Waals surface area contributed by atoms with Gasteiger partial charge in [0.15, 0.2) is 0 Å². The molecule has 0 unspecified atom stereocenters. The van der Waals surface area contributed by atoms with Gasteiger partial charge in [-0.05, 0) is 30.9 Å². The fourth-order valence-corrected chi connectivity index (χ4v) is 4.09. The highest BCUT2D eigenvalue weighted by atomic mass is 35.5. The first kappa shape index (κ1) is 18.3. The van der Waals surface area contributed by atoms with E-state index in [1.165, 1.54) is 38.5 Å². The van der Waals surface area contributed by atoms with Gasteiger partial charge >= 0.3 is 0 Å². The van der Waals surface area contributed by atoms with Crippen molar-refractivity contribution in [3.05, 3.63) is 28.9 Å². The van der Waals surface area contributed by atoms with Crippen LogP contribution in [0.5, 0.6) is 0 Å². The Labute approximate surface area is 155 Å². The Morgan fingerprint density at radius 1 is 1.28 bits per heavy atom. The summed E-state index contributed by atoms with van der Waals surface area (Å²) in [5.41, 5.74) is 1.86. The number of nitrogens with one attached hydrogen (secondary N) is 1. The number of carbonyl (C=O) groups is 1. The minimum atomic E-state index is -0.113. The molecule has 1 saturated carbocycles. The number of aromatic nitrogens is 1. The molecule has 2 aromatic rings. The largest absolute Gasteiger partial charge is 0.395 e. The third kappa shape index (κ3) is 4.21. The van der Waals surface area contributed by atoms with Crippen LogP contribution in [0.2, 0.25) is 5.02 Å². The molecule has 4 nitrogen and oxygen atoms in total. The van der Waals surface area contributed by atoms with Gasteiger partial charge < -0.3 is 15.0 Å². The lowest BCUT2D eigenvalue weighted by molar-refractivity contribution is 0.0947. The van der Waals surface area contributed by atoms with Gasteiger partial charge in [0.2, 0.25) is 0 Å². The van der Waals surface area contributed by atoms with Crippen molar-refractivity contribution in [2.45, 2.75) is 45.1 Å². The number of rotatable bonds is 5. The Morgan fingerprint density at radius 2 is 2.00 bits per heavy atom. The average Bonchev–Trinajstić information content (AvgIpc) is 2.77. The summed E-state index contributed by atoms with van der Waals surface area (Å²) in [6.07, 6.45) is 9.23. The van der Waals surface area contributed by atoms with Crippen LogP contribution in [0.15, 0.2) is 18.3 Å². The molecule has 0 aliphatic heterocycles. The molecule has 1 aromatic heterocycles. The van der Waals surface area contributed by atoms with Crippen LogP contribution in [0.25, 0.3) is 10.9 Å². The molecule has 0 bridgehead atoms. The standard InChI is InChI=1S/C19H24BClN2O2/c20-14-9-16(21)18-15(12-23(7-8-24)17(18)10-14)19(25)22-11-13-5-3-1-2-4-6-13/h9-10,12-13,24H,1-8,11H2,(H,22,25). The molecule has 0 atom stereocenters. The highest BCUT2D eigenvalue weighted by molar-refractivity contribution is 6.41. The fraction of sp³-hybridized carbons (Fsp3) is 0.526. The molecule has 2 radical (unpaired) electrons. The Hall–Kier alpha value is -1.46. The van der Waals surface area contributed by atoms with Crippen molar-refractivity contribution >= 4 is 41.7 Å². The predicted molar refractivity (Wildman–Crippen MR) is 103 cm³/mol. The van der Waals surface area contributed by atoms with Crippen molar-refractivity contribution in [2.24, 2.45) is 5.92 Å². The number of aliphatic hydroxyl groups is 1. The third-order valence-corrected chi connectivity index (χ3v) is 5.37. The van der Waals surface area contributed by atoms with Crippen LogP contribution in [-0.2, 0) is 6.54 Å². The van der Waals surface area contributed by atoms with Crippen LogP contribution in [0.4, 0.5) is 0 Å². The molecule has 25 heavy (non-hydrogen) atoms. The van der Waals surface area contributed by atoms with Gasteiger partial charge in [0.1, 0.15) is 7.85 Å². The lowest BCUT2D eigenvalue weighted by Crippen LogP contribution is -2.29. The summed E-state index contributed by atoms with van der Waals surface area (Å²) < 4.78 is 1.83. The van der Waals surface area contributed by atoms with Gasteiger partial charge in [0, 0.05) is 30.2 Å². The van der Waals surface area contributed by atoms with E-state index in [2.05, 4.69) is 5.32 Å². The van der Waals surface area contributed by atoms with Gasteiger partial charge in [0.05, 0.1) is 17.2 Å². The summed E-state index contributed by atoms with van der Waals surface area (Å²) in [5, 5.41) is 13.5. The number of fused-ring (bicyclic) bond motifs is 1. The molecule has 1 aliphatic rings. The molecule has 1 aliphatic carbocycles. The second-order valence-corrected chi connectivity index (χ2v) is 7.33. The van der Waals surface area contributed by atoms with Gasteiger partial charge in [-0.25, -0.2) is 0 Å². The van der Waals surface area contributed by atoms with Crippen molar-refractivity contribution < 1.29 is 9.90 Å². The maximum absolute atomic E-state index is 12.8. The molecule has 1 amide bonds. The van der Waals surface area contributed by atoms with Crippen LogP contribution in [-0.4, -0.2) is 36.6 Å². The molecule has 2 N–H and O–H groups in total. The Kier molecular flexibility index (Phi) is 6.08. The molecular weight excluding hydrogens is 334 g/mol. The average molecular weight is 359 g/mol. The number of benzene rings is 1. The van der Waals surface area contributed by atoms with Gasteiger partial charge in [-0.15, -0.1) is 0 Å². The molecule has 132 valence electrons. The van der Waals surface area contributed by atoms with Gasteiger partial charge in [-0.1, -0.05) is 42.7 Å². The van der Waals surface area contributed by atoms with Crippen molar-refractivity contribution in [3.8, 4) is 0 Å². The van der Waals surface area contributed by atoms with Gasteiger partial charge in [0.25, 0.3) is 5.91 Å². The molecule has 1 heterocycles.